The van der Waals surface area contributed by atoms with Gasteiger partial charge in [-0.3, -0.25) is 0 Å². The summed E-state index contributed by atoms with van der Waals surface area (Å²) in [5.74, 6) is 1.17. The summed E-state index contributed by atoms with van der Waals surface area (Å²) < 4.78 is 23.4. The van der Waals surface area contributed by atoms with Gasteiger partial charge in [0.2, 0.25) is 0 Å². The fraction of sp³-hybridized carbons (Fsp3) is 0.429. The summed E-state index contributed by atoms with van der Waals surface area (Å²) in [6.07, 6.45) is 3.94. The Morgan fingerprint density at radius 2 is 1.95 bits per heavy atom. The van der Waals surface area contributed by atoms with Crippen molar-refractivity contribution < 1.29 is 13.7 Å². The van der Waals surface area contributed by atoms with Crippen molar-refractivity contribution in [2.24, 2.45) is 5.73 Å². The van der Waals surface area contributed by atoms with E-state index in [0.29, 0.717) is 17.5 Å². The second-order valence-corrected chi connectivity index (χ2v) is 5.12. The summed E-state index contributed by atoms with van der Waals surface area (Å²) in [5, 5.41) is 3.95. The van der Waals surface area contributed by atoms with E-state index >= 15 is 0 Å². The molecule has 0 unspecified atom stereocenters. The van der Waals surface area contributed by atoms with Gasteiger partial charge in [0.15, 0.2) is 12.4 Å². The lowest BCUT2D eigenvalue weighted by Crippen LogP contribution is -2.34. The van der Waals surface area contributed by atoms with Gasteiger partial charge in [-0.15, -0.1) is 0 Å². The minimum absolute atomic E-state index is 0.148. The minimum atomic E-state index is -0.461. The maximum atomic E-state index is 12.8. The van der Waals surface area contributed by atoms with Crippen molar-refractivity contribution in [3.8, 4) is 5.75 Å². The molecule has 1 fully saturated rings. The number of benzene rings is 1. The summed E-state index contributed by atoms with van der Waals surface area (Å²) in [6, 6.07) is 5.77. The van der Waals surface area contributed by atoms with Gasteiger partial charge in [0.25, 0.3) is 5.89 Å². The Bertz CT molecular complexity index is 576. The van der Waals surface area contributed by atoms with Crippen LogP contribution in [0.1, 0.15) is 37.4 Å². The summed E-state index contributed by atoms with van der Waals surface area (Å²) >= 11 is 0. The number of ether oxygens (including phenoxy) is 1. The van der Waals surface area contributed by atoms with Crippen LogP contribution in [-0.4, -0.2) is 10.1 Å². The fourth-order valence-electron chi connectivity index (χ4n) is 2.42. The average Bonchev–Trinajstić information content (AvgIpc) is 3.08. The first kappa shape index (κ1) is 13.1. The van der Waals surface area contributed by atoms with Crippen molar-refractivity contribution in [3.63, 3.8) is 0 Å². The van der Waals surface area contributed by atoms with E-state index in [-0.39, 0.29) is 12.4 Å². The fourth-order valence-corrected chi connectivity index (χ4v) is 2.42. The molecule has 2 aromatic rings. The Balaban J connectivity index is 1.64. The van der Waals surface area contributed by atoms with Crippen LogP contribution in [0, 0.1) is 5.82 Å². The molecule has 0 atom stereocenters. The van der Waals surface area contributed by atoms with Crippen molar-refractivity contribution >= 4 is 0 Å². The third-order valence-corrected chi connectivity index (χ3v) is 3.59. The van der Waals surface area contributed by atoms with E-state index in [4.69, 9.17) is 15.0 Å². The first-order valence-electron chi connectivity index (χ1n) is 6.66. The minimum Gasteiger partial charge on any atom is -0.484 e. The number of hydrogen-bond acceptors (Lipinski definition) is 5. The summed E-state index contributed by atoms with van der Waals surface area (Å²) in [5.41, 5.74) is 5.79. The van der Waals surface area contributed by atoms with E-state index in [1.165, 1.54) is 12.1 Å². The Morgan fingerprint density at radius 1 is 1.25 bits per heavy atom. The van der Waals surface area contributed by atoms with E-state index in [1.54, 1.807) is 12.1 Å². The maximum absolute atomic E-state index is 12.8. The predicted octanol–water partition coefficient (Wildman–Crippen LogP) is 2.52. The third kappa shape index (κ3) is 2.65. The van der Waals surface area contributed by atoms with Crippen LogP contribution in [0.4, 0.5) is 4.39 Å². The largest absolute Gasteiger partial charge is 0.484 e. The molecule has 1 aromatic carbocycles. The van der Waals surface area contributed by atoms with E-state index in [9.17, 15) is 4.39 Å². The van der Waals surface area contributed by atoms with E-state index < -0.39 is 5.54 Å². The Morgan fingerprint density at radius 3 is 2.65 bits per heavy atom. The lowest BCUT2D eigenvalue weighted by molar-refractivity contribution is 0.241. The predicted molar refractivity (Wildman–Crippen MR) is 69.4 cm³/mol. The summed E-state index contributed by atoms with van der Waals surface area (Å²) in [6.45, 7) is 0.148. The van der Waals surface area contributed by atoms with Gasteiger partial charge in [-0.2, -0.15) is 4.98 Å². The molecule has 2 N–H and O–H groups in total. The standard InChI is InChI=1S/C14H16FN3O2/c15-10-3-5-11(6-4-10)19-9-12-17-13(18-20-12)14(16)7-1-2-8-14/h3-6H,1-2,7-9,16H2. The second kappa shape index (κ2) is 5.20. The molecule has 1 aliphatic carbocycles. The zero-order valence-corrected chi connectivity index (χ0v) is 11.0. The molecule has 20 heavy (non-hydrogen) atoms. The van der Waals surface area contributed by atoms with Gasteiger partial charge in [-0.1, -0.05) is 18.0 Å². The highest BCUT2D eigenvalue weighted by molar-refractivity contribution is 5.22. The van der Waals surface area contributed by atoms with Gasteiger partial charge in [0.1, 0.15) is 11.6 Å². The van der Waals surface area contributed by atoms with Gasteiger partial charge in [-0.05, 0) is 37.1 Å². The number of aromatic nitrogens is 2. The molecule has 6 heteroatoms. The smallest absolute Gasteiger partial charge is 0.264 e. The van der Waals surface area contributed by atoms with Crippen LogP contribution in [0.15, 0.2) is 28.8 Å². The Hall–Kier alpha value is -1.95. The molecule has 0 saturated heterocycles. The van der Waals surface area contributed by atoms with Crippen LogP contribution in [0.25, 0.3) is 0 Å². The topological polar surface area (TPSA) is 74.2 Å². The SMILES string of the molecule is NC1(c2noc(COc3ccc(F)cc3)n2)CCCC1. The summed E-state index contributed by atoms with van der Waals surface area (Å²) in [7, 11) is 0. The van der Waals surface area contributed by atoms with Crippen molar-refractivity contribution in [2.75, 3.05) is 0 Å². The quantitative estimate of drug-likeness (QED) is 0.929. The lowest BCUT2D eigenvalue weighted by Gasteiger charge is -2.17. The zero-order chi connectivity index (χ0) is 14.0. The zero-order valence-electron chi connectivity index (χ0n) is 11.0. The Labute approximate surface area is 115 Å². The number of nitrogens with two attached hydrogens (primary N) is 1. The molecule has 1 aromatic heterocycles. The number of hydrogen-bond donors (Lipinski definition) is 1. The normalized spacial score (nSPS) is 17.3. The highest BCUT2D eigenvalue weighted by Gasteiger charge is 2.35. The molecule has 3 rings (SSSR count). The van der Waals surface area contributed by atoms with Gasteiger partial charge in [-0.25, -0.2) is 4.39 Å². The highest BCUT2D eigenvalue weighted by Crippen LogP contribution is 2.34. The van der Waals surface area contributed by atoms with Crippen molar-refractivity contribution in [1.29, 1.82) is 0 Å². The molecule has 0 bridgehead atoms. The molecule has 0 aliphatic heterocycles. The molecule has 106 valence electrons. The van der Waals surface area contributed by atoms with Crippen LogP contribution in [-0.2, 0) is 12.1 Å². The molecule has 1 heterocycles. The van der Waals surface area contributed by atoms with Crippen LogP contribution >= 0.6 is 0 Å². The molecule has 1 saturated carbocycles. The second-order valence-electron chi connectivity index (χ2n) is 5.12. The van der Waals surface area contributed by atoms with Crippen LogP contribution < -0.4 is 10.5 Å². The molecular weight excluding hydrogens is 261 g/mol. The molecule has 0 amide bonds. The number of rotatable bonds is 4. The van der Waals surface area contributed by atoms with Crippen molar-refractivity contribution in [3.05, 3.63) is 41.8 Å². The van der Waals surface area contributed by atoms with Crippen LogP contribution in [0.3, 0.4) is 0 Å². The van der Waals surface area contributed by atoms with E-state index in [1.807, 2.05) is 0 Å². The average molecular weight is 277 g/mol. The summed E-state index contributed by atoms with van der Waals surface area (Å²) in [4.78, 5) is 4.29. The molecule has 0 spiro atoms. The van der Waals surface area contributed by atoms with Crippen molar-refractivity contribution in [2.45, 2.75) is 37.8 Å². The van der Waals surface area contributed by atoms with Crippen molar-refractivity contribution in [1.82, 2.24) is 10.1 Å². The first-order valence-corrected chi connectivity index (χ1v) is 6.66. The van der Waals surface area contributed by atoms with Gasteiger partial charge < -0.3 is 15.0 Å². The van der Waals surface area contributed by atoms with E-state index in [2.05, 4.69) is 10.1 Å². The number of nitrogens with zero attached hydrogens (tertiary/aromatic N) is 2. The third-order valence-electron chi connectivity index (χ3n) is 3.59. The number of halogens is 1. The molecule has 1 aliphatic rings. The molecule has 0 radical (unpaired) electrons. The molecular formula is C14H16FN3O2. The molecule has 5 nitrogen and oxygen atoms in total. The Kier molecular flexibility index (Phi) is 3.40. The highest BCUT2D eigenvalue weighted by atomic mass is 19.1. The van der Waals surface area contributed by atoms with Gasteiger partial charge in [0, 0.05) is 0 Å². The first-order chi connectivity index (χ1) is 9.66. The van der Waals surface area contributed by atoms with Crippen LogP contribution in [0.2, 0.25) is 0 Å². The van der Waals surface area contributed by atoms with E-state index in [0.717, 1.165) is 25.7 Å². The van der Waals surface area contributed by atoms with Gasteiger partial charge >= 0.3 is 0 Å². The monoisotopic (exact) mass is 277 g/mol. The van der Waals surface area contributed by atoms with Crippen LogP contribution in [0.5, 0.6) is 5.75 Å². The maximum Gasteiger partial charge on any atom is 0.264 e. The lowest BCUT2D eigenvalue weighted by atomic mass is 9.99. The van der Waals surface area contributed by atoms with Gasteiger partial charge in [0.05, 0.1) is 5.54 Å².